The second-order valence-corrected chi connectivity index (χ2v) is 6.27. The molecule has 0 unspecified atom stereocenters. The highest BCUT2D eigenvalue weighted by Crippen LogP contribution is 2.41. The maximum atomic E-state index is 11.1. The van der Waals surface area contributed by atoms with Crippen molar-refractivity contribution in [1.29, 1.82) is 0 Å². The summed E-state index contributed by atoms with van der Waals surface area (Å²) < 4.78 is 62.1. The van der Waals surface area contributed by atoms with Crippen molar-refractivity contribution in [3.05, 3.63) is 11.1 Å². The molecule has 0 fully saturated rings. The molecule has 0 aliphatic carbocycles. The van der Waals surface area contributed by atoms with Crippen molar-refractivity contribution in [3.8, 4) is 11.5 Å². The lowest BCUT2D eigenvalue weighted by Gasteiger charge is -2.14. The molecule has 1 aromatic rings. The summed E-state index contributed by atoms with van der Waals surface area (Å²) in [7, 11) is -9.80. The van der Waals surface area contributed by atoms with Gasteiger partial charge in [0.05, 0.1) is 0 Å². The van der Waals surface area contributed by atoms with Crippen molar-refractivity contribution < 1.29 is 36.2 Å². The Morgan fingerprint density at radius 1 is 0.722 bits per heavy atom. The fourth-order valence-corrected chi connectivity index (χ4v) is 3.52. The standard InChI is InChI=1S/C8H10O8S2/c1-3-5(9)6(10)8(18(14,15)16)4(2)7(3)17(11,12)13/h9-10H,1-2H3,(H,11,12,13)(H,14,15,16). The monoisotopic (exact) mass is 298 g/mol. The lowest BCUT2D eigenvalue weighted by Crippen LogP contribution is -2.10. The zero-order valence-electron chi connectivity index (χ0n) is 9.24. The Kier molecular flexibility index (Phi) is 3.34. The highest BCUT2D eigenvalue weighted by molar-refractivity contribution is 7.86. The van der Waals surface area contributed by atoms with Gasteiger partial charge in [-0.15, -0.1) is 0 Å². The molecule has 18 heavy (non-hydrogen) atoms. The van der Waals surface area contributed by atoms with Crippen molar-refractivity contribution in [2.75, 3.05) is 0 Å². The van der Waals surface area contributed by atoms with Crippen LogP contribution in [0.4, 0.5) is 0 Å². The number of phenolic OH excluding ortho intramolecular Hbond substituents is 2. The van der Waals surface area contributed by atoms with Gasteiger partial charge in [-0.2, -0.15) is 16.8 Å². The summed E-state index contributed by atoms with van der Waals surface area (Å²) in [5, 5.41) is 18.8. The van der Waals surface area contributed by atoms with Gasteiger partial charge in [0.15, 0.2) is 11.5 Å². The van der Waals surface area contributed by atoms with E-state index in [0.29, 0.717) is 0 Å². The first-order valence-corrected chi connectivity index (χ1v) is 7.27. The fraction of sp³-hybridized carbons (Fsp3) is 0.250. The van der Waals surface area contributed by atoms with Crippen LogP contribution in [0.15, 0.2) is 9.79 Å². The third kappa shape index (κ3) is 2.27. The molecule has 0 saturated heterocycles. The molecule has 102 valence electrons. The van der Waals surface area contributed by atoms with E-state index in [1.165, 1.54) is 0 Å². The van der Waals surface area contributed by atoms with E-state index in [0.717, 1.165) is 13.8 Å². The molecule has 1 aromatic carbocycles. The van der Waals surface area contributed by atoms with Crippen LogP contribution in [0.1, 0.15) is 11.1 Å². The van der Waals surface area contributed by atoms with Crippen LogP contribution < -0.4 is 0 Å². The Morgan fingerprint density at radius 2 is 1.11 bits per heavy atom. The van der Waals surface area contributed by atoms with Crippen LogP contribution in [0.25, 0.3) is 0 Å². The summed E-state index contributed by atoms with van der Waals surface area (Å²) >= 11 is 0. The van der Waals surface area contributed by atoms with Crippen molar-refractivity contribution in [2.45, 2.75) is 23.6 Å². The number of aromatic hydroxyl groups is 2. The Hall–Kier alpha value is -1.36. The third-order valence-corrected chi connectivity index (χ3v) is 4.48. The van der Waals surface area contributed by atoms with E-state index >= 15 is 0 Å². The zero-order valence-corrected chi connectivity index (χ0v) is 10.9. The molecule has 4 N–H and O–H groups in total. The second kappa shape index (κ2) is 4.09. The first-order chi connectivity index (χ1) is 7.89. The Labute approximate surface area is 103 Å². The van der Waals surface area contributed by atoms with Crippen LogP contribution in [-0.4, -0.2) is 36.2 Å². The molecule has 0 aromatic heterocycles. The number of benzene rings is 1. The predicted octanol–water partition coefficient (Wildman–Crippen LogP) is 0.208. The quantitative estimate of drug-likeness (QED) is 0.447. The van der Waals surface area contributed by atoms with E-state index in [1.54, 1.807) is 0 Å². The van der Waals surface area contributed by atoms with Crippen molar-refractivity contribution in [2.24, 2.45) is 0 Å². The van der Waals surface area contributed by atoms with Crippen molar-refractivity contribution >= 4 is 20.2 Å². The van der Waals surface area contributed by atoms with Gasteiger partial charge in [-0.3, -0.25) is 9.11 Å². The first-order valence-electron chi connectivity index (χ1n) is 4.39. The van der Waals surface area contributed by atoms with Gasteiger partial charge < -0.3 is 10.2 Å². The molecule has 0 aliphatic heterocycles. The molecule has 0 atom stereocenters. The smallest absolute Gasteiger partial charge is 0.298 e. The maximum Gasteiger partial charge on any atom is 0.298 e. The SMILES string of the molecule is Cc1c(O)c(O)c(S(=O)(=O)O)c(C)c1S(=O)(=O)O. The van der Waals surface area contributed by atoms with Gasteiger partial charge in [0.25, 0.3) is 20.2 Å². The van der Waals surface area contributed by atoms with E-state index in [4.69, 9.17) is 9.11 Å². The summed E-state index contributed by atoms with van der Waals surface area (Å²) in [5.41, 5.74) is -1.02. The number of phenols is 2. The molecule has 10 heteroatoms. The van der Waals surface area contributed by atoms with E-state index < -0.39 is 52.7 Å². The lowest BCUT2D eigenvalue weighted by atomic mass is 10.1. The largest absolute Gasteiger partial charge is 0.504 e. The van der Waals surface area contributed by atoms with Crippen LogP contribution in [0.5, 0.6) is 11.5 Å². The van der Waals surface area contributed by atoms with Gasteiger partial charge in [0.2, 0.25) is 0 Å². The Bertz CT molecular complexity index is 655. The summed E-state index contributed by atoms with van der Waals surface area (Å²) in [6.07, 6.45) is 0. The van der Waals surface area contributed by atoms with Crippen LogP contribution in [0.3, 0.4) is 0 Å². The molecule has 0 amide bonds. The molecule has 0 saturated carbocycles. The minimum atomic E-state index is -4.97. The van der Waals surface area contributed by atoms with Gasteiger partial charge in [-0.25, -0.2) is 0 Å². The Balaban J connectivity index is 4.09. The fourth-order valence-electron chi connectivity index (χ4n) is 1.66. The molecule has 1 rings (SSSR count). The highest BCUT2D eigenvalue weighted by Gasteiger charge is 2.31. The summed E-state index contributed by atoms with van der Waals surface area (Å²) in [6, 6.07) is 0. The number of hydrogen-bond donors (Lipinski definition) is 4. The summed E-state index contributed by atoms with van der Waals surface area (Å²) in [6.45, 7) is 2.01. The van der Waals surface area contributed by atoms with Crippen LogP contribution in [-0.2, 0) is 20.2 Å². The van der Waals surface area contributed by atoms with Gasteiger partial charge in [-0.1, -0.05) is 0 Å². The van der Waals surface area contributed by atoms with Gasteiger partial charge >= 0.3 is 0 Å². The third-order valence-electron chi connectivity index (χ3n) is 2.33. The zero-order chi connectivity index (χ0) is 14.5. The number of rotatable bonds is 2. The van der Waals surface area contributed by atoms with Gasteiger partial charge in [0, 0.05) is 5.56 Å². The molecule has 0 aliphatic rings. The minimum Gasteiger partial charge on any atom is -0.504 e. The highest BCUT2D eigenvalue weighted by atomic mass is 32.2. The second-order valence-electron chi connectivity index (χ2n) is 3.56. The van der Waals surface area contributed by atoms with Gasteiger partial charge in [-0.05, 0) is 19.4 Å². The van der Waals surface area contributed by atoms with E-state index in [2.05, 4.69) is 0 Å². The van der Waals surface area contributed by atoms with E-state index in [9.17, 15) is 27.0 Å². The van der Waals surface area contributed by atoms with Crippen molar-refractivity contribution in [3.63, 3.8) is 0 Å². The number of hydrogen-bond acceptors (Lipinski definition) is 6. The molecule has 0 heterocycles. The Morgan fingerprint density at radius 3 is 1.44 bits per heavy atom. The lowest BCUT2D eigenvalue weighted by molar-refractivity contribution is 0.382. The molecular weight excluding hydrogens is 288 g/mol. The summed E-state index contributed by atoms with van der Waals surface area (Å²) in [5.74, 6) is -2.24. The maximum absolute atomic E-state index is 11.1. The van der Waals surface area contributed by atoms with Crippen molar-refractivity contribution in [1.82, 2.24) is 0 Å². The first kappa shape index (κ1) is 14.7. The predicted molar refractivity (Wildman–Crippen MR) is 58.9 cm³/mol. The minimum absolute atomic E-state index is 0.431. The van der Waals surface area contributed by atoms with Crippen LogP contribution in [0.2, 0.25) is 0 Å². The average Bonchev–Trinajstić information content (AvgIpc) is 2.09. The molecule has 8 nitrogen and oxygen atoms in total. The van der Waals surface area contributed by atoms with E-state index in [1.807, 2.05) is 0 Å². The molecule has 0 spiro atoms. The summed E-state index contributed by atoms with van der Waals surface area (Å²) in [4.78, 5) is -2.05. The van der Waals surface area contributed by atoms with Crippen LogP contribution >= 0.6 is 0 Å². The molecule has 0 radical (unpaired) electrons. The molecule has 0 bridgehead atoms. The normalized spacial score (nSPS) is 12.7. The topological polar surface area (TPSA) is 149 Å². The molecular formula is C8H10O8S2. The van der Waals surface area contributed by atoms with Crippen LogP contribution in [0, 0.1) is 13.8 Å². The van der Waals surface area contributed by atoms with E-state index in [-0.39, 0.29) is 0 Å². The van der Waals surface area contributed by atoms with Gasteiger partial charge in [0.1, 0.15) is 9.79 Å². The average molecular weight is 298 g/mol.